The fourth-order valence-corrected chi connectivity index (χ4v) is 1.49. The van der Waals surface area contributed by atoms with Crippen molar-refractivity contribution in [2.24, 2.45) is 0 Å². The molecule has 0 aromatic heterocycles. The Morgan fingerprint density at radius 3 is 2.33 bits per heavy atom. The van der Waals surface area contributed by atoms with Gasteiger partial charge in [-0.05, 0) is 41.9 Å². The van der Waals surface area contributed by atoms with Crippen LogP contribution in [-0.4, -0.2) is 15.8 Å². The molecule has 0 aliphatic heterocycles. The van der Waals surface area contributed by atoms with E-state index in [-0.39, 0.29) is 4.47 Å². The van der Waals surface area contributed by atoms with Gasteiger partial charge in [0.05, 0.1) is 15.6 Å². The first-order valence-electron chi connectivity index (χ1n) is 4.29. The van der Waals surface area contributed by atoms with Crippen LogP contribution in [0.15, 0.2) is 16.6 Å². The van der Waals surface area contributed by atoms with Crippen molar-refractivity contribution >= 4 is 15.9 Å². The molecule has 5 heteroatoms. The van der Waals surface area contributed by atoms with Gasteiger partial charge in [-0.3, -0.25) is 0 Å². The number of hydrogen-bond donors (Lipinski definition) is 2. The molecule has 0 radical (unpaired) electrons. The van der Waals surface area contributed by atoms with E-state index in [4.69, 9.17) is 0 Å². The van der Waals surface area contributed by atoms with Gasteiger partial charge in [-0.25, -0.2) is 8.78 Å². The molecule has 0 bridgehead atoms. The molecule has 0 spiro atoms. The third-order valence-corrected chi connectivity index (χ3v) is 2.63. The summed E-state index contributed by atoms with van der Waals surface area (Å²) < 4.78 is 26.8. The molecular weight excluding hydrogens is 270 g/mol. The molecule has 1 aromatic carbocycles. The van der Waals surface area contributed by atoms with E-state index in [9.17, 15) is 19.0 Å². The molecule has 0 fully saturated rings. The third-order valence-electron chi connectivity index (χ3n) is 2.02. The Labute approximate surface area is 94.7 Å². The van der Waals surface area contributed by atoms with Crippen LogP contribution in [0.1, 0.15) is 25.5 Å². The van der Waals surface area contributed by atoms with E-state index in [0.717, 1.165) is 6.07 Å². The first-order valence-corrected chi connectivity index (χ1v) is 5.08. The maximum atomic E-state index is 13.5. The van der Waals surface area contributed by atoms with Gasteiger partial charge in [-0.2, -0.15) is 0 Å². The Hall–Kier alpha value is -0.520. The summed E-state index contributed by atoms with van der Waals surface area (Å²) in [5, 5.41) is 19.1. The highest BCUT2D eigenvalue weighted by Crippen LogP contribution is 2.32. The minimum absolute atomic E-state index is 0.0437. The van der Waals surface area contributed by atoms with Crippen LogP contribution in [-0.2, 0) is 0 Å². The van der Waals surface area contributed by atoms with E-state index in [1.54, 1.807) is 0 Å². The van der Waals surface area contributed by atoms with E-state index in [2.05, 4.69) is 15.9 Å². The highest BCUT2D eigenvalue weighted by molar-refractivity contribution is 9.10. The predicted molar refractivity (Wildman–Crippen MR) is 55.3 cm³/mol. The van der Waals surface area contributed by atoms with Gasteiger partial charge in [0.2, 0.25) is 0 Å². The summed E-state index contributed by atoms with van der Waals surface area (Å²) in [5.74, 6) is -1.78. The molecule has 1 unspecified atom stereocenters. The lowest BCUT2D eigenvalue weighted by molar-refractivity contribution is -0.0529. The van der Waals surface area contributed by atoms with Gasteiger partial charge < -0.3 is 10.2 Å². The largest absolute Gasteiger partial charge is 0.387 e. The van der Waals surface area contributed by atoms with Gasteiger partial charge in [0.25, 0.3) is 0 Å². The van der Waals surface area contributed by atoms with Crippen molar-refractivity contribution < 1.29 is 19.0 Å². The minimum atomic E-state index is -1.62. The van der Waals surface area contributed by atoms with Gasteiger partial charge >= 0.3 is 0 Å². The molecular formula is C10H11BrF2O2. The molecule has 0 aliphatic rings. The molecule has 0 saturated heterocycles. The highest BCUT2D eigenvalue weighted by Gasteiger charge is 2.31. The standard InChI is InChI=1S/C10H11BrF2O2/c1-10(2,15)9(14)7-6(12)4-3-5(11)8(7)13/h3-4,9,14-15H,1-2H3. The van der Waals surface area contributed by atoms with Gasteiger partial charge in [0, 0.05) is 0 Å². The number of benzene rings is 1. The van der Waals surface area contributed by atoms with Crippen molar-refractivity contribution in [1.82, 2.24) is 0 Å². The van der Waals surface area contributed by atoms with Crippen molar-refractivity contribution in [2.75, 3.05) is 0 Å². The van der Waals surface area contributed by atoms with Crippen LogP contribution < -0.4 is 0 Å². The van der Waals surface area contributed by atoms with Crippen LogP contribution in [0, 0.1) is 11.6 Å². The summed E-state index contributed by atoms with van der Waals surface area (Å²) in [5.41, 5.74) is -2.14. The first kappa shape index (κ1) is 12.5. The topological polar surface area (TPSA) is 40.5 Å². The van der Waals surface area contributed by atoms with Gasteiger partial charge in [-0.1, -0.05) is 0 Å². The lowest BCUT2D eigenvalue weighted by atomic mass is 9.94. The van der Waals surface area contributed by atoms with Crippen LogP contribution in [0.4, 0.5) is 8.78 Å². The summed E-state index contributed by atoms with van der Waals surface area (Å²) in [6.45, 7) is 2.55. The second-order valence-corrected chi connectivity index (χ2v) is 4.67. The number of hydrogen-bond acceptors (Lipinski definition) is 2. The maximum Gasteiger partial charge on any atom is 0.146 e. The second-order valence-electron chi connectivity index (χ2n) is 3.81. The van der Waals surface area contributed by atoms with E-state index in [0.29, 0.717) is 0 Å². The van der Waals surface area contributed by atoms with Crippen LogP contribution in [0.25, 0.3) is 0 Å². The van der Waals surface area contributed by atoms with E-state index in [1.807, 2.05) is 0 Å². The molecule has 84 valence electrons. The Kier molecular flexibility index (Phi) is 3.48. The molecule has 2 nitrogen and oxygen atoms in total. The van der Waals surface area contributed by atoms with Crippen molar-refractivity contribution in [1.29, 1.82) is 0 Å². The van der Waals surface area contributed by atoms with E-state index < -0.39 is 28.9 Å². The highest BCUT2D eigenvalue weighted by atomic mass is 79.9. The fourth-order valence-electron chi connectivity index (χ4n) is 1.15. The smallest absolute Gasteiger partial charge is 0.146 e. The molecule has 0 heterocycles. The summed E-state index contributed by atoms with van der Waals surface area (Å²) in [7, 11) is 0. The van der Waals surface area contributed by atoms with E-state index >= 15 is 0 Å². The quantitative estimate of drug-likeness (QED) is 0.818. The lowest BCUT2D eigenvalue weighted by Gasteiger charge is -2.25. The Balaban J connectivity index is 3.31. The molecule has 2 N–H and O–H groups in total. The Bertz CT molecular complexity index is 374. The average molecular weight is 281 g/mol. The number of rotatable bonds is 2. The summed E-state index contributed by atoms with van der Waals surface area (Å²) in [4.78, 5) is 0. The van der Waals surface area contributed by atoms with Crippen LogP contribution >= 0.6 is 15.9 Å². The van der Waals surface area contributed by atoms with E-state index in [1.165, 1.54) is 19.9 Å². The molecule has 0 saturated carbocycles. The molecule has 0 amide bonds. The summed E-state index contributed by atoms with van der Waals surface area (Å²) in [6, 6.07) is 2.22. The van der Waals surface area contributed by atoms with Crippen molar-refractivity contribution in [2.45, 2.75) is 25.6 Å². The fraction of sp³-hybridized carbons (Fsp3) is 0.400. The molecule has 1 aromatic rings. The van der Waals surface area contributed by atoms with Crippen LogP contribution in [0.3, 0.4) is 0 Å². The molecule has 1 atom stereocenters. The maximum absolute atomic E-state index is 13.5. The zero-order valence-electron chi connectivity index (χ0n) is 8.26. The van der Waals surface area contributed by atoms with Gasteiger partial charge in [-0.15, -0.1) is 0 Å². The zero-order chi connectivity index (χ0) is 11.8. The first-order chi connectivity index (χ1) is 6.75. The molecule has 0 aliphatic carbocycles. The molecule has 1 rings (SSSR count). The normalized spacial score (nSPS) is 14.1. The summed E-state index contributed by atoms with van der Waals surface area (Å²) >= 11 is 2.88. The molecule has 15 heavy (non-hydrogen) atoms. The zero-order valence-corrected chi connectivity index (χ0v) is 9.85. The average Bonchev–Trinajstić information content (AvgIpc) is 2.10. The van der Waals surface area contributed by atoms with Gasteiger partial charge in [0.15, 0.2) is 0 Å². The number of aliphatic hydroxyl groups excluding tert-OH is 1. The SMILES string of the molecule is CC(C)(O)C(O)c1c(F)ccc(Br)c1F. The summed E-state index contributed by atoms with van der Waals surface area (Å²) in [6.07, 6.45) is -1.62. The minimum Gasteiger partial charge on any atom is -0.387 e. The Morgan fingerprint density at radius 1 is 1.33 bits per heavy atom. The third kappa shape index (κ3) is 2.53. The van der Waals surface area contributed by atoms with Crippen LogP contribution in [0.5, 0.6) is 0 Å². The predicted octanol–water partition coefficient (Wildman–Crippen LogP) is 2.53. The van der Waals surface area contributed by atoms with Crippen molar-refractivity contribution in [3.63, 3.8) is 0 Å². The number of halogens is 3. The Morgan fingerprint density at radius 2 is 1.87 bits per heavy atom. The monoisotopic (exact) mass is 280 g/mol. The van der Waals surface area contributed by atoms with Crippen LogP contribution in [0.2, 0.25) is 0 Å². The van der Waals surface area contributed by atoms with Crippen molar-refractivity contribution in [3.8, 4) is 0 Å². The number of aliphatic hydroxyl groups is 2. The second kappa shape index (κ2) is 4.15. The lowest BCUT2D eigenvalue weighted by Crippen LogP contribution is -2.30. The van der Waals surface area contributed by atoms with Gasteiger partial charge in [0.1, 0.15) is 17.7 Å². The van der Waals surface area contributed by atoms with Crippen molar-refractivity contribution in [3.05, 3.63) is 33.8 Å².